The van der Waals surface area contributed by atoms with E-state index in [4.69, 9.17) is 4.42 Å². The quantitative estimate of drug-likeness (QED) is 0.869. The number of nitrogens with one attached hydrogen (secondary N) is 1. The molecule has 0 aliphatic rings. The van der Waals surface area contributed by atoms with E-state index in [1.807, 2.05) is 0 Å². The van der Waals surface area contributed by atoms with Crippen LogP contribution in [0.15, 0.2) is 21.4 Å². The number of hydrogen-bond acceptors (Lipinski definition) is 2. The molecule has 66 valence electrons. The number of rotatable bonds is 3. The molecule has 0 aromatic carbocycles. The highest BCUT2D eigenvalue weighted by molar-refractivity contribution is 9.10. The molecule has 0 atom stereocenters. The van der Waals surface area contributed by atoms with E-state index in [0.29, 0.717) is 16.8 Å². The van der Waals surface area contributed by atoms with Crippen LogP contribution in [0.1, 0.15) is 10.4 Å². The van der Waals surface area contributed by atoms with Crippen LogP contribution in [0.3, 0.4) is 0 Å². The third kappa shape index (κ3) is 2.64. The summed E-state index contributed by atoms with van der Waals surface area (Å²) in [5, 5.41) is 3.44. The largest absolute Gasteiger partial charge is 0.457 e. The fourth-order valence-corrected chi connectivity index (χ4v) is 1.23. The summed E-state index contributed by atoms with van der Waals surface area (Å²) in [4.78, 5) is 11.2. The van der Waals surface area contributed by atoms with Gasteiger partial charge in [0.2, 0.25) is 0 Å². The van der Waals surface area contributed by atoms with Gasteiger partial charge in [0.05, 0.1) is 5.56 Å². The normalized spacial score (nSPS) is 9.83. The summed E-state index contributed by atoms with van der Waals surface area (Å²) in [6.45, 7) is 0.613. The van der Waals surface area contributed by atoms with Crippen molar-refractivity contribution in [2.75, 3.05) is 11.9 Å². The zero-order valence-corrected chi connectivity index (χ0v) is 9.31. The van der Waals surface area contributed by atoms with Crippen molar-refractivity contribution in [1.29, 1.82) is 0 Å². The van der Waals surface area contributed by atoms with Gasteiger partial charge < -0.3 is 9.73 Å². The number of halogens is 2. The summed E-state index contributed by atoms with van der Waals surface area (Å²) in [6, 6.07) is 1.63. The Balaban J connectivity index is 2.53. The van der Waals surface area contributed by atoms with Crippen molar-refractivity contribution < 1.29 is 9.21 Å². The zero-order valence-electron chi connectivity index (χ0n) is 6.14. The van der Waals surface area contributed by atoms with Crippen molar-refractivity contribution in [3.8, 4) is 0 Å². The minimum absolute atomic E-state index is 0.121. The van der Waals surface area contributed by atoms with Crippen LogP contribution in [0.5, 0.6) is 0 Å². The second-order valence-corrected chi connectivity index (χ2v) is 3.66. The van der Waals surface area contributed by atoms with Gasteiger partial charge in [-0.05, 0) is 15.9 Å². The van der Waals surface area contributed by atoms with Crippen LogP contribution in [0.4, 0.5) is 0 Å². The highest BCUT2D eigenvalue weighted by atomic mass is 79.9. The summed E-state index contributed by atoms with van der Waals surface area (Å²) in [5.41, 5.74) is 0.530. The first-order valence-electron chi connectivity index (χ1n) is 3.32. The Morgan fingerprint density at radius 2 is 2.42 bits per heavy atom. The van der Waals surface area contributed by atoms with Crippen molar-refractivity contribution in [2.45, 2.75) is 0 Å². The molecule has 0 saturated heterocycles. The Labute approximate surface area is 86.8 Å². The van der Waals surface area contributed by atoms with Gasteiger partial charge in [-0.1, -0.05) is 15.9 Å². The third-order valence-corrected chi connectivity index (χ3v) is 2.02. The Morgan fingerprint density at radius 1 is 1.67 bits per heavy atom. The molecular weight excluding hydrogens is 290 g/mol. The standard InChI is InChI=1S/C7H7Br2NO2/c8-1-2-10-7(11)5-3-6(9)12-4-5/h3-4H,1-2H2,(H,10,11). The Bertz CT molecular complexity index is 272. The number of alkyl halides is 1. The Hall–Kier alpha value is -0.290. The van der Waals surface area contributed by atoms with E-state index in [1.54, 1.807) is 6.07 Å². The van der Waals surface area contributed by atoms with E-state index < -0.39 is 0 Å². The molecule has 1 aromatic heterocycles. The topological polar surface area (TPSA) is 42.2 Å². The zero-order chi connectivity index (χ0) is 8.97. The molecule has 0 radical (unpaired) electrons. The van der Waals surface area contributed by atoms with Gasteiger partial charge in [0.1, 0.15) is 6.26 Å². The summed E-state index contributed by atoms with van der Waals surface area (Å²) in [7, 11) is 0. The van der Waals surface area contributed by atoms with Gasteiger partial charge in [-0.3, -0.25) is 4.79 Å². The van der Waals surface area contributed by atoms with Crippen LogP contribution in [-0.4, -0.2) is 17.8 Å². The molecule has 1 heterocycles. The predicted molar refractivity (Wildman–Crippen MR) is 52.5 cm³/mol. The number of hydrogen-bond donors (Lipinski definition) is 1. The monoisotopic (exact) mass is 295 g/mol. The van der Waals surface area contributed by atoms with Crippen LogP contribution in [0, 0.1) is 0 Å². The molecule has 0 aliphatic heterocycles. The van der Waals surface area contributed by atoms with Crippen LogP contribution in [-0.2, 0) is 0 Å². The average Bonchev–Trinajstić information content (AvgIpc) is 2.47. The molecule has 1 amide bonds. The van der Waals surface area contributed by atoms with Gasteiger partial charge in [-0.15, -0.1) is 0 Å². The lowest BCUT2D eigenvalue weighted by atomic mass is 10.3. The van der Waals surface area contributed by atoms with E-state index in [0.717, 1.165) is 5.33 Å². The first-order valence-corrected chi connectivity index (χ1v) is 5.23. The van der Waals surface area contributed by atoms with E-state index in [1.165, 1.54) is 6.26 Å². The lowest BCUT2D eigenvalue weighted by molar-refractivity contribution is 0.0955. The second-order valence-electron chi connectivity index (χ2n) is 2.08. The maximum absolute atomic E-state index is 11.2. The molecule has 0 unspecified atom stereocenters. The molecule has 3 nitrogen and oxygen atoms in total. The molecule has 1 N–H and O–H groups in total. The first kappa shape index (κ1) is 9.80. The molecule has 12 heavy (non-hydrogen) atoms. The van der Waals surface area contributed by atoms with Crippen LogP contribution < -0.4 is 5.32 Å². The number of carbonyl (C=O) groups excluding carboxylic acids is 1. The van der Waals surface area contributed by atoms with Gasteiger partial charge in [0.15, 0.2) is 4.67 Å². The lowest BCUT2D eigenvalue weighted by Crippen LogP contribution is -2.24. The summed E-state index contributed by atoms with van der Waals surface area (Å²) >= 11 is 6.32. The highest BCUT2D eigenvalue weighted by Gasteiger charge is 2.07. The van der Waals surface area contributed by atoms with Gasteiger partial charge >= 0.3 is 0 Å². The SMILES string of the molecule is O=C(NCCBr)c1coc(Br)c1. The fraction of sp³-hybridized carbons (Fsp3) is 0.286. The van der Waals surface area contributed by atoms with E-state index in [-0.39, 0.29) is 5.91 Å². The Morgan fingerprint density at radius 3 is 2.92 bits per heavy atom. The average molecular weight is 297 g/mol. The van der Waals surface area contributed by atoms with Crippen molar-refractivity contribution >= 4 is 37.8 Å². The molecule has 0 saturated carbocycles. The van der Waals surface area contributed by atoms with Crippen molar-refractivity contribution in [1.82, 2.24) is 5.32 Å². The van der Waals surface area contributed by atoms with Crippen LogP contribution in [0.2, 0.25) is 0 Å². The third-order valence-electron chi connectivity index (χ3n) is 1.21. The van der Waals surface area contributed by atoms with Crippen LogP contribution >= 0.6 is 31.9 Å². The molecule has 5 heteroatoms. The highest BCUT2D eigenvalue weighted by Crippen LogP contribution is 2.13. The molecular formula is C7H7Br2NO2. The van der Waals surface area contributed by atoms with Gasteiger partial charge in [-0.2, -0.15) is 0 Å². The molecule has 1 rings (SSSR count). The minimum Gasteiger partial charge on any atom is -0.457 e. The van der Waals surface area contributed by atoms with Gasteiger partial charge in [0, 0.05) is 17.9 Å². The van der Waals surface area contributed by atoms with Crippen molar-refractivity contribution in [3.63, 3.8) is 0 Å². The first-order chi connectivity index (χ1) is 5.74. The van der Waals surface area contributed by atoms with E-state index in [9.17, 15) is 4.79 Å². The van der Waals surface area contributed by atoms with E-state index >= 15 is 0 Å². The molecule has 0 spiro atoms. The molecule has 1 aromatic rings. The molecule has 0 aliphatic carbocycles. The number of furan rings is 1. The minimum atomic E-state index is -0.121. The summed E-state index contributed by atoms with van der Waals surface area (Å²) < 4.78 is 5.47. The smallest absolute Gasteiger partial charge is 0.254 e. The van der Waals surface area contributed by atoms with E-state index in [2.05, 4.69) is 37.2 Å². The fourth-order valence-electron chi connectivity index (χ4n) is 0.692. The van der Waals surface area contributed by atoms with Crippen LogP contribution in [0.25, 0.3) is 0 Å². The summed E-state index contributed by atoms with van der Waals surface area (Å²) in [5.74, 6) is -0.121. The lowest BCUT2D eigenvalue weighted by Gasteiger charge is -1.97. The predicted octanol–water partition coefficient (Wildman–Crippen LogP) is 2.17. The maximum Gasteiger partial charge on any atom is 0.254 e. The summed E-state index contributed by atoms with van der Waals surface area (Å²) in [6.07, 6.45) is 1.41. The van der Waals surface area contributed by atoms with Crippen molar-refractivity contribution in [2.24, 2.45) is 0 Å². The second kappa shape index (κ2) is 4.67. The molecule has 0 bridgehead atoms. The van der Waals surface area contributed by atoms with Gasteiger partial charge in [-0.25, -0.2) is 0 Å². The van der Waals surface area contributed by atoms with Gasteiger partial charge in [0.25, 0.3) is 5.91 Å². The number of carbonyl (C=O) groups is 1. The maximum atomic E-state index is 11.2. The van der Waals surface area contributed by atoms with Crippen molar-refractivity contribution in [3.05, 3.63) is 22.6 Å². The number of amides is 1. The Kier molecular flexibility index (Phi) is 3.81. The molecule has 0 fully saturated rings.